The van der Waals surface area contributed by atoms with E-state index in [0.717, 1.165) is 15.3 Å². The maximum Gasteiger partial charge on any atom is 0.250 e. The number of aryl methyl sites for hydroxylation is 2. The van der Waals surface area contributed by atoms with Gasteiger partial charge in [-0.1, -0.05) is 0 Å². The van der Waals surface area contributed by atoms with E-state index in [0.29, 0.717) is 17.2 Å². The van der Waals surface area contributed by atoms with E-state index < -0.39 is 10.0 Å². The van der Waals surface area contributed by atoms with Gasteiger partial charge >= 0.3 is 0 Å². The van der Waals surface area contributed by atoms with Gasteiger partial charge in [-0.25, -0.2) is 13.1 Å². The standard InChI is InChI=1S/C14H20N2O2S3/c1-9-8-13(11(3)19-9)10(2)16-21(17,18)14-5-4-12(20-14)6-7-15/h4-5,8,10,16H,6-7,15H2,1-3H3. The normalized spacial score (nSPS) is 13.5. The van der Waals surface area contributed by atoms with E-state index in [4.69, 9.17) is 5.73 Å². The number of hydrogen-bond acceptors (Lipinski definition) is 5. The molecule has 7 heteroatoms. The van der Waals surface area contributed by atoms with Gasteiger partial charge in [0.05, 0.1) is 0 Å². The van der Waals surface area contributed by atoms with Crippen molar-refractivity contribution in [1.82, 2.24) is 4.72 Å². The number of nitrogens with two attached hydrogens (primary N) is 1. The van der Waals surface area contributed by atoms with Crippen LogP contribution in [0.4, 0.5) is 0 Å². The van der Waals surface area contributed by atoms with Crippen molar-refractivity contribution >= 4 is 32.7 Å². The van der Waals surface area contributed by atoms with Gasteiger partial charge in [-0.2, -0.15) is 0 Å². The molecule has 0 fully saturated rings. The Bertz CT molecular complexity index is 716. The molecule has 21 heavy (non-hydrogen) atoms. The fraction of sp³-hybridized carbons (Fsp3) is 0.429. The molecule has 1 unspecified atom stereocenters. The summed E-state index contributed by atoms with van der Waals surface area (Å²) in [7, 11) is -3.48. The van der Waals surface area contributed by atoms with E-state index in [1.165, 1.54) is 16.2 Å². The Balaban J connectivity index is 2.18. The second kappa shape index (κ2) is 6.58. The van der Waals surface area contributed by atoms with Crippen LogP contribution in [0.25, 0.3) is 0 Å². The summed E-state index contributed by atoms with van der Waals surface area (Å²) in [5.74, 6) is 0. The monoisotopic (exact) mass is 344 g/mol. The smallest absolute Gasteiger partial charge is 0.250 e. The molecule has 2 aromatic rings. The average Bonchev–Trinajstić information content (AvgIpc) is 2.96. The van der Waals surface area contributed by atoms with Crippen LogP contribution >= 0.6 is 22.7 Å². The van der Waals surface area contributed by atoms with Gasteiger partial charge in [0, 0.05) is 20.7 Å². The van der Waals surface area contributed by atoms with E-state index in [1.807, 2.05) is 32.9 Å². The zero-order valence-corrected chi connectivity index (χ0v) is 14.8. The highest BCUT2D eigenvalue weighted by Crippen LogP contribution is 2.28. The molecule has 3 N–H and O–H groups in total. The highest BCUT2D eigenvalue weighted by atomic mass is 32.2. The quantitative estimate of drug-likeness (QED) is 0.846. The van der Waals surface area contributed by atoms with Gasteiger partial charge in [-0.3, -0.25) is 0 Å². The van der Waals surface area contributed by atoms with E-state index in [9.17, 15) is 8.42 Å². The number of nitrogens with one attached hydrogen (secondary N) is 1. The first-order valence-corrected chi connectivity index (χ1v) is 9.83. The van der Waals surface area contributed by atoms with E-state index >= 15 is 0 Å². The number of hydrogen-bond donors (Lipinski definition) is 2. The van der Waals surface area contributed by atoms with Crippen molar-refractivity contribution < 1.29 is 8.42 Å². The maximum absolute atomic E-state index is 12.4. The predicted octanol–water partition coefficient (Wildman–Crippen LogP) is 2.97. The van der Waals surface area contributed by atoms with Crippen LogP contribution in [0.3, 0.4) is 0 Å². The van der Waals surface area contributed by atoms with Crippen LogP contribution in [0, 0.1) is 13.8 Å². The number of rotatable bonds is 6. The Kier molecular flexibility index (Phi) is 5.21. The molecule has 2 aromatic heterocycles. The molecule has 0 radical (unpaired) electrons. The molecular formula is C14H20N2O2S3. The van der Waals surface area contributed by atoms with Crippen LogP contribution in [-0.2, 0) is 16.4 Å². The first-order valence-electron chi connectivity index (χ1n) is 6.71. The highest BCUT2D eigenvalue weighted by Gasteiger charge is 2.22. The SMILES string of the molecule is Cc1cc(C(C)NS(=O)(=O)c2ccc(CCN)s2)c(C)s1. The van der Waals surface area contributed by atoms with Crippen LogP contribution in [0.15, 0.2) is 22.4 Å². The molecule has 1 atom stereocenters. The lowest BCUT2D eigenvalue weighted by Crippen LogP contribution is -2.26. The highest BCUT2D eigenvalue weighted by molar-refractivity contribution is 7.91. The van der Waals surface area contributed by atoms with Gasteiger partial charge in [0.15, 0.2) is 0 Å². The van der Waals surface area contributed by atoms with Gasteiger partial charge < -0.3 is 5.73 Å². The molecule has 0 saturated carbocycles. The maximum atomic E-state index is 12.4. The third kappa shape index (κ3) is 3.92. The third-order valence-electron chi connectivity index (χ3n) is 3.17. The molecule has 0 saturated heterocycles. The van der Waals surface area contributed by atoms with Crippen molar-refractivity contribution in [2.75, 3.05) is 6.54 Å². The predicted molar refractivity (Wildman–Crippen MR) is 89.6 cm³/mol. The van der Waals surface area contributed by atoms with Gasteiger partial charge in [-0.15, -0.1) is 22.7 Å². The Labute approximate surface area is 134 Å². The van der Waals surface area contributed by atoms with Gasteiger partial charge in [0.1, 0.15) is 4.21 Å². The second-order valence-corrected chi connectivity index (χ2v) is 9.54. The lowest BCUT2D eigenvalue weighted by molar-refractivity contribution is 0.569. The molecule has 2 heterocycles. The molecule has 0 amide bonds. The third-order valence-corrected chi connectivity index (χ3v) is 7.33. The molecular weight excluding hydrogens is 324 g/mol. The second-order valence-electron chi connectivity index (χ2n) is 4.97. The number of thiophene rings is 2. The first kappa shape index (κ1) is 16.6. The minimum Gasteiger partial charge on any atom is -0.330 e. The van der Waals surface area contributed by atoms with E-state index in [2.05, 4.69) is 4.72 Å². The first-order chi connectivity index (χ1) is 9.83. The Hall–Kier alpha value is -0.730. The number of sulfonamides is 1. The van der Waals surface area contributed by atoms with Crippen LogP contribution in [0.2, 0.25) is 0 Å². The summed E-state index contributed by atoms with van der Waals surface area (Å²) in [4.78, 5) is 3.33. The summed E-state index contributed by atoms with van der Waals surface area (Å²) in [6.45, 7) is 6.45. The molecule has 0 spiro atoms. The summed E-state index contributed by atoms with van der Waals surface area (Å²) in [5, 5.41) is 0. The minimum absolute atomic E-state index is 0.236. The van der Waals surface area contributed by atoms with Crippen molar-refractivity contribution in [2.45, 2.75) is 37.4 Å². The molecule has 0 aliphatic carbocycles. The fourth-order valence-corrected chi connectivity index (χ4v) is 5.85. The zero-order valence-electron chi connectivity index (χ0n) is 12.3. The summed E-state index contributed by atoms with van der Waals surface area (Å²) in [6, 6.07) is 5.29. The van der Waals surface area contributed by atoms with Crippen molar-refractivity contribution in [1.29, 1.82) is 0 Å². The summed E-state index contributed by atoms with van der Waals surface area (Å²) >= 11 is 2.97. The van der Waals surface area contributed by atoms with E-state index in [-0.39, 0.29) is 6.04 Å². The van der Waals surface area contributed by atoms with Gasteiger partial charge in [0.2, 0.25) is 0 Å². The van der Waals surface area contributed by atoms with Crippen molar-refractivity contribution in [3.05, 3.63) is 38.4 Å². The fourth-order valence-electron chi connectivity index (χ4n) is 2.21. The molecule has 2 rings (SSSR count). The molecule has 0 bridgehead atoms. The summed E-state index contributed by atoms with van der Waals surface area (Å²) in [6.07, 6.45) is 0.707. The molecule has 4 nitrogen and oxygen atoms in total. The van der Waals surface area contributed by atoms with Crippen LogP contribution < -0.4 is 10.5 Å². The van der Waals surface area contributed by atoms with E-state index in [1.54, 1.807) is 17.4 Å². The Morgan fingerprint density at radius 3 is 2.57 bits per heavy atom. The van der Waals surface area contributed by atoms with Crippen LogP contribution in [0.5, 0.6) is 0 Å². The zero-order chi connectivity index (χ0) is 15.6. The Morgan fingerprint density at radius 1 is 1.29 bits per heavy atom. The topological polar surface area (TPSA) is 72.2 Å². The lowest BCUT2D eigenvalue weighted by Gasteiger charge is -2.13. The Morgan fingerprint density at radius 2 is 2.00 bits per heavy atom. The van der Waals surface area contributed by atoms with Crippen molar-refractivity contribution in [2.24, 2.45) is 5.73 Å². The lowest BCUT2D eigenvalue weighted by atomic mass is 10.1. The summed E-state index contributed by atoms with van der Waals surface area (Å²) in [5.41, 5.74) is 6.54. The van der Waals surface area contributed by atoms with Gasteiger partial charge in [-0.05, 0) is 57.5 Å². The van der Waals surface area contributed by atoms with Crippen LogP contribution in [0.1, 0.15) is 33.2 Å². The van der Waals surface area contributed by atoms with Crippen molar-refractivity contribution in [3.8, 4) is 0 Å². The van der Waals surface area contributed by atoms with Crippen LogP contribution in [-0.4, -0.2) is 15.0 Å². The van der Waals surface area contributed by atoms with Crippen molar-refractivity contribution in [3.63, 3.8) is 0 Å². The summed E-state index contributed by atoms with van der Waals surface area (Å²) < 4.78 is 28.0. The minimum atomic E-state index is -3.48. The molecule has 0 aliphatic heterocycles. The molecule has 0 aliphatic rings. The average molecular weight is 345 g/mol. The largest absolute Gasteiger partial charge is 0.330 e. The molecule has 0 aromatic carbocycles. The molecule has 116 valence electrons. The van der Waals surface area contributed by atoms with Gasteiger partial charge in [0.25, 0.3) is 10.0 Å².